The van der Waals surface area contributed by atoms with Gasteiger partial charge < -0.3 is 15.0 Å². The van der Waals surface area contributed by atoms with E-state index in [0.717, 1.165) is 32.4 Å². The number of nitrogens with zero attached hydrogens (tertiary/aromatic N) is 2. The quantitative estimate of drug-likeness (QED) is 0.889. The van der Waals surface area contributed by atoms with Crippen LogP contribution in [0.3, 0.4) is 0 Å². The molecular formula is C19H22FN3O3. The summed E-state index contributed by atoms with van der Waals surface area (Å²) in [6.07, 6.45) is 4.53. The summed E-state index contributed by atoms with van der Waals surface area (Å²) in [5.74, 6) is -0.492. The third kappa shape index (κ3) is 4.28. The summed E-state index contributed by atoms with van der Waals surface area (Å²) in [5.41, 5.74) is 0.255. The topological polar surface area (TPSA) is 71.5 Å². The van der Waals surface area contributed by atoms with E-state index in [1.165, 1.54) is 12.3 Å². The number of rotatable bonds is 5. The summed E-state index contributed by atoms with van der Waals surface area (Å²) < 4.78 is 19.0. The molecule has 1 fully saturated rings. The summed E-state index contributed by atoms with van der Waals surface area (Å²) in [4.78, 5) is 30.2. The summed E-state index contributed by atoms with van der Waals surface area (Å²) in [7, 11) is 0. The van der Waals surface area contributed by atoms with E-state index < -0.39 is 11.9 Å². The number of benzene rings is 1. The molecule has 0 saturated carbocycles. The van der Waals surface area contributed by atoms with Gasteiger partial charge in [-0.1, -0.05) is 12.1 Å². The fourth-order valence-corrected chi connectivity index (χ4v) is 3.06. The van der Waals surface area contributed by atoms with Crippen LogP contribution in [0.1, 0.15) is 26.2 Å². The Labute approximate surface area is 151 Å². The average Bonchev–Trinajstić information content (AvgIpc) is 2.66. The molecule has 2 heterocycles. The van der Waals surface area contributed by atoms with Gasteiger partial charge in [0, 0.05) is 18.5 Å². The van der Waals surface area contributed by atoms with E-state index in [2.05, 4.69) is 10.3 Å². The Kier molecular flexibility index (Phi) is 5.65. The Morgan fingerprint density at radius 1 is 1.31 bits per heavy atom. The van der Waals surface area contributed by atoms with Crippen molar-refractivity contribution in [2.75, 3.05) is 19.7 Å². The van der Waals surface area contributed by atoms with Crippen LogP contribution in [0.5, 0.6) is 5.75 Å². The number of piperidine rings is 1. The molecule has 6 nitrogen and oxygen atoms in total. The van der Waals surface area contributed by atoms with Crippen molar-refractivity contribution in [3.05, 3.63) is 36.3 Å². The second-order valence-corrected chi connectivity index (χ2v) is 6.45. The number of amides is 2. The summed E-state index contributed by atoms with van der Waals surface area (Å²) in [5, 5.41) is 3.25. The SMILES string of the molecule is CC(NC(=O)COc1cnc2c(F)cccc2c1)C(=O)N1CCCCC1. The number of hydrogen-bond donors (Lipinski definition) is 1. The fourth-order valence-electron chi connectivity index (χ4n) is 3.06. The maximum absolute atomic E-state index is 13.6. The molecule has 1 unspecified atom stereocenters. The first kappa shape index (κ1) is 18.1. The fraction of sp³-hybridized carbons (Fsp3) is 0.421. The van der Waals surface area contributed by atoms with Gasteiger partial charge in [0.15, 0.2) is 6.61 Å². The monoisotopic (exact) mass is 359 g/mol. The molecule has 2 aromatic rings. The molecule has 1 saturated heterocycles. The van der Waals surface area contributed by atoms with E-state index >= 15 is 0 Å². The Balaban J connectivity index is 1.52. The second kappa shape index (κ2) is 8.12. The third-order valence-corrected chi connectivity index (χ3v) is 4.42. The number of ether oxygens (including phenoxy) is 1. The number of hydrogen-bond acceptors (Lipinski definition) is 4. The van der Waals surface area contributed by atoms with Gasteiger partial charge in [-0.15, -0.1) is 0 Å². The Morgan fingerprint density at radius 3 is 2.85 bits per heavy atom. The number of carbonyl (C=O) groups is 2. The molecule has 0 aliphatic carbocycles. The van der Waals surface area contributed by atoms with Crippen molar-refractivity contribution >= 4 is 22.7 Å². The molecule has 1 aromatic carbocycles. The van der Waals surface area contributed by atoms with Gasteiger partial charge in [-0.2, -0.15) is 0 Å². The highest BCUT2D eigenvalue weighted by Gasteiger charge is 2.23. The number of halogens is 1. The van der Waals surface area contributed by atoms with Crippen LogP contribution in [0.25, 0.3) is 10.9 Å². The van der Waals surface area contributed by atoms with E-state index in [0.29, 0.717) is 11.1 Å². The first-order valence-corrected chi connectivity index (χ1v) is 8.80. The van der Waals surface area contributed by atoms with Crippen molar-refractivity contribution in [3.8, 4) is 5.75 Å². The third-order valence-electron chi connectivity index (χ3n) is 4.42. The highest BCUT2D eigenvalue weighted by Crippen LogP contribution is 2.20. The number of para-hydroxylation sites is 1. The molecule has 138 valence electrons. The molecule has 0 bridgehead atoms. The van der Waals surface area contributed by atoms with Crippen molar-refractivity contribution in [2.24, 2.45) is 0 Å². The molecule has 3 rings (SSSR count). The number of fused-ring (bicyclic) bond motifs is 1. The summed E-state index contributed by atoms with van der Waals surface area (Å²) in [6, 6.07) is 5.68. The van der Waals surface area contributed by atoms with Crippen molar-refractivity contribution in [1.29, 1.82) is 0 Å². The predicted octanol–water partition coefficient (Wildman–Crippen LogP) is 2.27. The van der Waals surface area contributed by atoms with Crippen LogP contribution in [0.4, 0.5) is 4.39 Å². The van der Waals surface area contributed by atoms with Crippen molar-refractivity contribution < 1.29 is 18.7 Å². The van der Waals surface area contributed by atoms with Gasteiger partial charge in [-0.05, 0) is 38.3 Å². The molecule has 1 aromatic heterocycles. The smallest absolute Gasteiger partial charge is 0.258 e. The van der Waals surface area contributed by atoms with Gasteiger partial charge in [-0.25, -0.2) is 9.37 Å². The average molecular weight is 359 g/mol. The van der Waals surface area contributed by atoms with Crippen molar-refractivity contribution in [1.82, 2.24) is 15.2 Å². The number of nitrogens with one attached hydrogen (secondary N) is 1. The van der Waals surface area contributed by atoms with Crippen LogP contribution in [0.15, 0.2) is 30.5 Å². The maximum Gasteiger partial charge on any atom is 0.258 e. The number of carbonyl (C=O) groups excluding carboxylic acids is 2. The van der Waals surface area contributed by atoms with E-state index in [9.17, 15) is 14.0 Å². The first-order chi connectivity index (χ1) is 12.5. The van der Waals surface area contributed by atoms with Gasteiger partial charge in [0.1, 0.15) is 23.1 Å². The standard InChI is InChI=1S/C19H22FN3O3/c1-13(19(25)23-8-3-2-4-9-23)22-17(24)12-26-15-10-14-6-5-7-16(20)18(14)21-11-15/h5-7,10-11,13H,2-4,8-9,12H2,1H3,(H,22,24). The highest BCUT2D eigenvalue weighted by atomic mass is 19.1. The molecule has 1 aliphatic rings. The lowest BCUT2D eigenvalue weighted by molar-refractivity contribution is -0.137. The Hall–Kier alpha value is -2.70. The summed E-state index contributed by atoms with van der Waals surface area (Å²) >= 11 is 0. The number of likely N-dealkylation sites (tertiary alicyclic amines) is 1. The van der Waals surface area contributed by atoms with E-state index in [-0.39, 0.29) is 23.9 Å². The van der Waals surface area contributed by atoms with Crippen LogP contribution < -0.4 is 10.1 Å². The zero-order chi connectivity index (χ0) is 18.5. The zero-order valence-electron chi connectivity index (χ0n) is 14.7. The minimum Gasteiger partial charge on any atom is -0.482 e. The van der Waals surface area contributed by atoms with Crippen LogP contribution in [-0.4, -0.2) is 47.4 Å². The lowest BCUT2D eigenvalue weighted by Gasteiger charge is -2.29. The molecule has 1 N–H and O–H groups in total. The molecule has 0 spiro atoms. The van der Waals surface area contributed by atoms with Crippen LogP contribution in [-0.2, 0) is 9.59 Å². The lowest BCUT2D eigenvalue weighted by Crippen LogP contribution is -2.49. The van der Waals surface area contributed by atoms with Crippen LogP contribution in [0, 0.1) is 5.82 Å². The summed E-state index contributed by atoms with van der Waals surface area (Å²) in [6.45, 7) is 2.93. The van der Waals surface area contributed by atoms with Gasteiger partial charge >= 0.3 is 0 Å². The van der Waals surface area contributed by atoms with Crippen molar-refractivity contribution in [3.63, 3.8) is 0 Å². The first-order valence-electron chi connectivity index (χ1n) is 8.80. The van der Waals surface area contributed by atoms with Gasteiger partial charge in [0.25, 0.3) is 5.91 Å². The number of aromatic nitrogens is 1. The largest absolute Gasteiger partial charge is 0.482 e. The van der Waals surface area contributed by atoms with E-state index in [1.54, 1.807) is 30.0 Å². The normalized spacial score (nSPS) is 15.5. The maximum atomic E-state index is 13.6. The molecule has 2 amide bonds. The molecule has 7 heteroatoms. The Morgan fingerprint density at radius 2 is 2.08 bits per heavy atom. The number of pyridine rings is 1. The highest BCUT2D eigenvalue weighted by molar-refractivity contribution is 5.88. The Bertz CT molecular complexity index is 806. The molecule has 1 aliphatic heterocycles. The van der Waals surface area contributed by atoms with Crippen LogP contribution >= 0.6 is 0 Å². The van der Waals surface area contributed by atoms with Gasteiger partial charge in [0.2, 0.25) is 5.91 Å². The van der Waals surface area contributed by atoms with Gasteiger partial charge in [-0.3, -0.25) is 9.59 Å². The molecule has 0 radical (unpaired) electrons. The molecule has 26 heavy (non-hydrogen) atoms. The van der Waals surface area contributed by atoms with E-state index in [1.807, 2.05) is 0 Å². The zero-order valence-corrected chi connectivity index (χ0v) is 14.7. The lowest BCUT2D eigenvalue weighted by atomic mass is 10.1. The minimum atomic E-state index is -0.590. The van der Waals surface area contributed by atoms with E-state index in [4.69, 9.17) is 4.74 Å². The molecule has 1 atom stereocenters. The minimum absolute atomic E-state index is 0.0686. The molecular weight excluding hydrogens is 337 g/mol. The van der Waals surface area contributed by atoms with Crippen molar-refractivity contribution in [2.45, 2.75) is 32.2 Å². The van der Waals surface area contributed by atoms with Gasteiger partial charge in [0.05, 0.1) is 6.20 Å². The second-order valence-electron chi connectivity index (χ2n) is 6.45. The predicted molar refractivity (Wildman–Crippen MR) is 95.2 cm³/mol. The van der Waals surface area contributed by atoms with Crippen LogP contribution in [0.2, 0.25) is 0 Å².